The molecule has 3 aromatic heterocycles. The molecule has 0 atom stereocenters. The molecule has 1 amide bonds. The van der Waals surface area contributed by atoms with Crippen LogP contribution >= 0.6 is 0 Å². The van der Waals surface area contributed by atoms with Gasteiger partial charge in [-0.05, 0) is 49.1 Å². The van der Waals surface area contributed by atoms with E-state index in [-0.39, 0.29) is 34.6 Å². The number of benzene rings is 2. The van der Waals surface area contributed by atoms with Crippen molar-refractivity contribution in [1.82, 2.24) is 14.0 Å². The van der Waals surface area contributed by atoms with E-state index in [1.54, 1.807) is 25.3 Å². The number of aromatic nitrogens is 3. The molecule has 0 radical (unpaired) electrons. The van der Waals surface area contributed by atoms with E-state index in [0.29, 0.717) is 11.3 Å². The van der Waals surface area contributed by atoms with E-state index in [0.717, 1.165) is 43.2 Å². The summed E-state index contributed by atoms with van der Waals surface area (Å²) >= 11 is 0. The van der Waals surface area contributed by atoms with Crippen molar-refractivity contribution in [3.05, 3.63) is 124 Å². The van der Waals surface area contributed by atoms with Crippen LogP contribution in [0.5, 0.6) is 0 Å². The molecular formula is C34H32N4O4. The van der Waals surface area contributed by atoms with E-state index in [4.69, 9.17) is 14.7 Å². The second kappa shape index (κ2) is 11.9. The van der Waals surface area contributed by atoms with Gasteiger partial charge in [-0.3, -0.25) is 14.0 Å². The maximum Gasteiger partial charge on any atom is 0.341 e. The Morgan fingerprint density at radius 2 is 1.57 bits per heavy atom. The smallest absolute Gasteiger partial charge is 0.341 e. The van der Waals surface area contributed by atoms with E-state index in [1.165, 1.54) is 10.5 Å². The van der Waals surface area contributed by atoms with Crippen LogP contribution in [0.3, 0.4) is 0 Å². The van der Waals surface area contributed by atoms with Crippen LogP contribution in [0.15, 0.2) is 101 Å². The van der Waals surface area contributed by atoms with Gasteiger partial charge >= 0.3 is 5.97 Å². The van der Waals surface area contributed by atoms with Crippen molar-refractivity contribution in [3.8, 4) is 0 Å². The first-order valence-electron chi connectivity index (χ1n) is 14.5. The van der Waals surface area contributed by atoms with Crippen LogP contribution in [-0.2, 0) is 9.53 Å². The van der Waals surface area contributed by atoms with Gasteiger partial charge in [0.15, 0.2) is 5.49 Å². The zero-order valence-electron chi connectivity index (χ0n) is 23.5. The third kappa shape index (κ3) is 5.16. The molecule has 1 saturated carbocycles. The Bertz CT molecular complexity index is 1850. The van der Waals surface area contributed by atoms with E-state index < -0.39 is 17.8 Å². The molecule has 2 aromatic carbocycles. The number of nitrogens with zero attached hydrogens (tertiary/aromatic N) is 4. The van der Waals surface area contributed by atoms with Crippen molar-refractivity contribution in [2.24, 2.45) is 4.99 Å². The lowest BCUT2D eigenvalue weighted by Gasteiger charge is -2.27. The van der Waals surface area contributed by atoms with Crippen LogP contribution in [-0.4, -0.2) is 32.4 Å². The zero-order chi connectivity index (χ0) is 29.1. The molecule has 0 saturated heterocycles. The molecule has 6 rings (SSSR count). The Morgan fingerprint density at radius 1 is 0.929 bits per heavy atom. The quantitative estimate of drug-likeness (QED) is 0.199. The standard InChI is InChI=1S/C34H32N4O4/c1-2-42-34(41)27-22-26-30(35-28-20-12-13-21-37(28)33(26)40)38(25-18-10-5-11-19-25)31(27)36-32(39)29(23-14-6-3-7-15-23)24-16-8-4-9-17-24/h3-4,6-9,12-17,20-22,25,29H,2,5,10-11,18-19H2,1H3. The van der Waals surface area contributed by atoms with Gasteiger partial charge in [-0.2, -0.15) is 4.99 Å². The van der Waals surface area contributed by atoms with E-state index in [9.17, 15) is 14.4 Å². The third-order valence-electron chi connectivity index (χ3n) is 7.90. The third-order valence-corrected chi connectivity index (χ3v) is 7.90. The van der Waals surface area contributed by atoms with Crippen molar-refractivity contribution in [1.29, 1.82) is 0 Å². The summed E-state index contributed by atoms with van der Waals surface area (Å²) in [6.45, 7) is 1.86. The van der Waals surface area contributed by atoms with Crippen molar-refractivity contribution in [2.75, 3.05) is 6.61 Å². The second-order valence-electron chi connectivity index (χ2n) is 10.6. The highest BCUT2D eigenvalue weighted by molar-refractivity contribution is 5.94. The highest BCUT2D eigenvalue weighted by atomic mass is 16.5. The molecule has 42 heavy (non-hydrogen) atoms. The fourth-order valence-electron chi connectivity index (χ4n) is 5.94. The molecule has 0 spiro atoms. The predicted molar refractivity (Wildman–Crippen MR) is 160 cm³/mol. The summed E-state index contributed by atoms with van der Waals surface area (Å²) < 4.78 is 8.77. The molecule has 0 aliphatic heterocycles. The summed E-state index contributed by atoms with van der Waals surface area (Å²) in [6.07, 6.45) is 6.36. The number of amides is 1. The normalized spacial score (nSPS) is 14.5. The lowest BCUT2D eigenvalue weighted by atomic mass is 9.90. The van der Waals surface area contributed by atoms with Crippen LogP contribution in [0.4, 0.5) is 0 Å². The molecule has 1 fully saturated rings. The summed E-state index contributed by atoms with van der Waals surface area (Å²) in [5, 5.41) is 0.279. The number of fused-ring (bicyclic) bond motifs is 2. The number of hydrogen-bond acceptors (Lipinski definition) is 5. The summed E-state index contributed by atoms with van der Waals surface area (Å²) in [5.41, 5.74) is 2.45. The number of rotatable bonds is 6. The first-order chi connectivity index (χ1) is 20.6. The van der Waals surface area contributed by atoms with Gasteiger partial charge in [0.25, 0.3) is 11.5 Å². The second-order valence-corrected chi connectivity index (χ2v) is 10.6. The molecule has 8 heteroatoms. The van der Waals surface area contributed by atoms with Crippen LogP contribution in [0, 0.1) is 0 Å². The van der Waals surface area contributed by atoms with Crippen molar-refractivity contribution >= 4 is 28.6 Å². The fraction of sp³-hybridized carbons (Fsp3) is 0.265. The number of ether oxygens (including phenoxy) is 1. The SMILES string of the molecule is CCOC(=O)c1cc2c(=O)n3ccccc3nc2n(C2CCCCC2)c1=NC(=O)C(c1ccccc1)c1ccccc1. The average Bonchev–Trinajstić information content (AvgIpc) is 3.03. The van der Waals surface area contributed by atoms with Crippen LogP contribution in [0.25, 0.3) is 16.7 Å². The lowest BCUT2D eigenvalue weighted by molar-refractivity contribution is -0.118. The Balaban J connectivity index is 1.69. The van der Waals surface area contributed by atoms with E-state index in [1.807, 2.05) is 71.3 Å². The molecule has 0 unspecified atom stereocenters. The van der Waals surface area contributed by atoms with Gasteiger partial charge in [0, 0.05) is 12.2 Å². The van der Waals surface area contributed by atoms with E-state index in [2.05, 4.69) is 0 Å². The summed E-state index contributed by atoms with van der Waals surface area (Å²) in [4.78, 5) is 51.1. The van der Waals surface area contributed by atoms with Crippen LogP contribution < -0.4 is 11.0 Å². The van der Waals surface area contributed by atoms with Crippen molar-refractivity contribution in [3.63, 3.8) is 0 Å². The number of esters is 1. The first-order valence-corrected chi connectivity index (χ1v) is 14.5. The Morgan fingerprint density at radius 3 is 2.21 bits per heavy atom. The summed E-state index contributed by atoms with van der Waals surface area (Å²) in [7, 11) is 0. The maximum atomic E-state index is 14.3. The maximum absolute atomic E-state index is 14.3. The van der Waals surface area contributed by atoms with Gasteiger partial charge in [-0.25, -0.2) is 9.78 Å². The molecule has 8 nitrogen and oxygen atoms in total. The van der Waals surface area contributed by atoms with Gasteiger partial charge < -0.3 is 9.30 Å². The first kappa shape index (κ1) is 27.3. The highest BCUT2D eigenvalue weighted by Crippen LogP contribution is 2.30. The van der Waals surface area contributed by atoms with Gasteiger partial charge in [0.05, 0.1) is 17.9 Å². The van der Waals surface area contributed by atoms with Crippen LogP contribution in [0.2, 0.25) is 0 Å². The largest absolute Gasteiger partial charge is 0.462 e. The predicted octanol–water partition coefficient (Wildman–Crippen LogP) is 5.59. The average molecular weight is 561 g/mol. The molecular weight excluding hydrogens is 528 g/mol. The molecule has 1 aliphatic carbocycles. The molecule has 0 bridgehead atoms. The lowest BCUT2D eigenvalue weighted by Crippen LogP contribution is -2.36. The number of carbonyl (C=O) groups excluding carboxylic acids is 2. The minimum Gasteiger partial charge on any atom is -0.462 e. The van der Waals surface area contributed by atoms with E-state index >= 15 is 0 Å². The summed E-state index contributed by atoms with van der Waals surface area (Å²) in [5.74, 6) is -1.74. The molecule has 5 aromatic rings. The minimum absolute atomic E-state index is 0.0814. The monoisotopic (exact) mass is 560 g/mol. The Kier molecular flexibility index (Phi) is 7.77. The number of carbonyl (C=O) groups is 2. The van der Waals surface area contributed by atoms with Crippen molar-refractivity contribution in [2.45, 2.75) is 51.0 Å². The Hall–Kier alpha value is -4.85. The molecule has 0 N–H and O–H groups in total. The Labute approximate surface area is 243 Å². The highest BCUT2D eigenvalue weighted by Gasteiger charge is 2.27. The fourth-order valence-corrected chi connectivity index (χ4v) is 5.94. The molecule has 1 aliphatic rings. The van der Waals surface area contributed by atoms with Gasteiger partial charge in [0.2, 0.25) is 0 Å². The topological polar surface area (TPSA) is 95.0 Å². The van der Waals surface area contributed by atoms with Crippen molar-refractivity contribution < 1.29 is 14.3 Å². The zero-order valence-corrected chi connectivity index (χ0v) is 23.5. The number of pyridine rings is 2. The minimum atomic E-state index is -0.687. The van der Waals surface area contributed by atoms with Gasteiger partial charge in [-0.1, -0.05) is 86.0 Å². The van der Waals surface area contributed by atoms with Gasteiger partial charge in [0.1, 0.15) is 16.9 Å². The summed E-state index contributed by atoms with van der Waals surface area (Å²) in [6, 6.07) is 25.8. The molecule has 3 heterocycles. The van der Waals surface area contributed by atoms with Gasteiger partial charge in [-0.15, -0.1) is 0 Å². The molecule has 212 valence electrons. The van der Waals surface area contributed by atoms with Crippen LogP contribution in [0.1, 0.15) is 72.5 Å². The number of hydrogen-bond donors (Lipinski definition) is 0.